The van der Waals surface area contributed by atoms with Crippen LogP contribution in [0.15, 0.2) is 18.2 Å². The van der Waals surface area contributed by atoms with Gasteiger partial charge in [-0.2, -0.15) is 0 Å². The van der Waals surface area contributed by atoms with Gasteiger partial charge in [0.25, 0.3) is 5.91 Å². The molecule has 0 unspecified atom stereocenters. The van der Waals surface area contributed by atoms with Crippen molar-refractivity contribution >= 4 is 23.5 Å². The van der Waals surface area contributed by atoms with E-state index in [0.717, 1.165) is 12.8 Å². The van der Waals surface area contributed by atoms with Gasteiger partial charge < -0.3 is 24.4 Å². The van der Waals surface area contributed by atoms with Crippen molar-refractivity contribution < 1.29 is 28.6 Å². The number of hydrogen-bond acceptors (Lipinski definition) is 6. The third-order valence-corrected chi connectivity index (χ3v) is 5.85. The molecule has 8 heteroatoms. The quantitative estimate of drug-likeness (QED) is 0.774. The number of amides is 2. The summed E-state index contributed by atoms with van der Waals surface area (Å²) in [5, 5.41) is 2.88. The zero-order chi connectivity index (χ0) is 20.5. The molecule has 1 aromatic rings. The predicted octanol–water partition coefficient (Wildman–Crippen LogP) is 1.98. The molecule has 1 N–H and O–H groups in total. The minimum absolute atomic E-state index is 0.00471. The molecule has 1 saturated heterocycles. The van der Waals surface area contributed by atoms with Crippen LogP contribution in [0.2, 0.25) is 0 Å². The lowest BCUT2D eigenvalue weighted by Crippen LogP contribution is -2.53. The van der Waals surface area contributed by atoms with Crippen LogP contribution in [0, 0.1) is 5.92 Å². The molecule has 3 aliphatic rings. The Morgan fingerprint density at radius 3 is 2.76 bits per heavy atom. The third kappa shape index (κ3) is 4.22. The number of carbonyl (C=O) groups excluding carboxylic acids is 3. The van der Waals surface area contributed by atoms with Gasteiger partial charge >= 0.3 is 5.97 Å². The molecule has 2 aliphatic heterocycles. The van der Waals surface area contributed by atoms with Gasteiger partial charge in [-0.05, 0) is 43.9 Å². The van der Waals surface area contributed by atoms with Crippen LogP contribution in [0.4, 0.5) is 5.69 Å². The van der Waals surface area contributed by atoms with Gasteiger partial charge in [-0.3, -0.25) is 14.4 Å². The molecule has 2 fully saturated rings. The van der Waals surface area contributed by atoms with Crippen LogP contribution < -0.4 is 10.1 Å². The molecule has 1 aromatic carbocycles. The van der Waals surface area contributed by atoms with Crippen molar-refractivity contribution in [3.8, 4) is 5.75 Å². The first kappa shape index (κ1) is 19.7. The Kier molecular flexibility index (Phi) is 5.45. The van der Waals surface area contributed by atoms with E-state index in [1.807, 2.05) is 0 Å². The fraction of sp³-hybridized carbons (Fsp3) is 0.571. The van der Waals surface area contributed by atoms with Gasteiger partial charge in [-0.25, -0.2) is 0 Å². The molecule has 4 rings (SSSR count). The summed E-state index contributed by atoms with van der Waals surface area (Å²) in [5.41, 5.74) is 1.03. The zero-order valence-corrected chi connectivity index (χ0v) is 16.7. The van der Waals surface area contributed by atoms with Crippen LogP contribution in [0.25, 0.3) is 0 Å². The number of ether oxygens (including phenoxy) is 3. The summed E-state index contributed by atoms with van der Waals surface area (Å²) in [7, 11) is 3.12. The molecule has 156 valence electrons. The average molecular weight is 402 g/mol. The molecule has 8 nitrogen and oxygen atoms in total. The monoisotopic (exact) mass is 402 g/mol. The van der Waals surface area contributed by atoms with Crippen molar-refractivity contribution in [2.45, 2.75) is 50.4 Å². The Morgan fingerprint density at radius 2 is 2.03 bits per heavy atom. The SMILES string of the molecule is COC(=O)C[C@@H]1CC[C@H]2[C@H](COc3ccc(NC(=O)C4CC4)cc3C(=O)N2C)O1. The Bertz CT molecular complexity index is 821. The van der Waals surface area contributed by atoms with Crippen LogP contribution in [0.3, 0.4) is 0 Å². The van der Waals surface area contributed by atoms with E-state index in [9.17, 15) is 14.4 Å². The lowest BCUT2D eigenvalue weighted by molar-refractivity contribution is -0.151. The van der Waals surface area contributed by atoms with E-state index in [-0.39, 0.29) is 55.0 Å². The number of anilines is 1. The number of benzene rings is 1. The number of carbonyl (C=O) groups is 3. The Morgan fingerprint density at radius 1 is 1.24 bits per heavy atom. The number of esters is 1. The minimum atomic E-state index is -0.324. The van der Waals surface area contributed by atoms with Crippen molar-refractivity contribution in [1.82, 2.24) is 4.90 Å². The topological polar surface area (TPSA) is 94.2 Å². The number of likely N-dealkylation sites (N-methyl/N-ethyl adjacent to an activating group) is 1. The van der Waals surface area contributed by atoms with Gasteiger partial charge in [-0.15, -0.1) is 0 Å². The van der Waals surface area contributed by atoms with E-state index in [1.165, 1.54) is 7.11 Å². The second-order valence-corrected chi connectivity index (χ2v) is 7.92. The fourth-order valence-electron chi connectivity index (χ4n) is 3.96. The highest BCUT2D eigenvalue weighted by molar-refractivity contribution is 6.00. The first-order valence-corrected chi connectivity index (χ1v) is 10.0. The van der Waals surface area contributed by atoms with Gasteiger partial charge in [0.05, 0.1) is 31.2 Å². The van der Waals surface area contributed by atoms with Crippen LogP contribution in [0.5, 0.6) is 5.75 Å². The highest BCUT2D eigenvalue weighted by Gasteiger charge is 2.39. The molecule has 0 aromatic heterocycles. The third-order valence-electron chi connectivity index (χ3n) is 5.85. The van der Waals surface area contributed by atoms with Crippen molar-refractivity contribution in [3.05, 3.63) is 23.8 Å². The molecule has 1 saturated carbocycles. The lowest BCUT2D eigenvalue weighted by atomic mass is 9.94. The second-order valence-electron chi connectivity index (χ2n) is 7.92. The van der Waals surface area contributed by atoms with Gasteiger partial charge in [0.1, 0.15) is 18.5 Å². The molecular weight excluding hydrogens is 376 g/mol. The average Bonchev–Trinajstić information content (AvgIpc) is 3.56. The summed E-state index contributed by atoms with van der Waals surface area (Å²) >= 11 is 0. The maximum absolute atomic E-state index is 13.1. The van der Waals surface area contributed by atoms with E-state index < -0.39 is 0 Å². The van der Waals surface area contributed by atoms with Crippen LogP contribution in [-0.2, 0) is 19.1 Å². The van der Waals surface area contributed by atoms with Gasteiger partial charge in [-0.1, -0.05) is 0 Å². The number of hydrogen-bond donors (Lipinski definition) is 1. The smallest absolute Gasteiger partial charge is 0.308 e. The summed E-state index contributed by atoms with van der Waals surface area (Å²) in [6.45, 7) is 0.279. The van der Waals surface area contributed by atoms with Crippen molar-refractivity contribution in [2.75, 3.05) is 26.1 Å². The van der Waals surface area contributed by atoms with Gasteiger partial charge in [0, 0.05) is 18.7 Å². The van der Waals surface area contributed by atoms with E-state index >= 15 is 0 Å². The Labute approximate surface area is 169 Å². The molecule has 0 bridgehead atoms. The van der Waals surface area contributed by atoms with Crippen LogP contribution in [0.1, 0.15) is 42.5 Å². The predicted molar refractivity (Wildman–Crippen MR) is 104 cm³/mol. The van der Waals surface area contributed by atoms with Crippen molar-refractivity contribution in [2.24, 2.45) is 5.92 Å². The van der Waals surface area contributed by atoms with Crippen LogP contribution in [-0.4, -0.2) is 61.7 Å². The number of nitrogens with one attached hydrogen (secondary N) is 1. The number of fused-ring (bicyclic) bond motifs is 2. The highest BCUT2D eigenvalue weighted by Crippen LogP contribution is 2.34. The van der Waals surface area contributed by atoms with E-state index in [1.54, 1.807) is 30.1 Å². The van der Waals surface area contributed by atoms with E-state index in [2.05, 4.69) is 5.32 Å². The second kappa shape index (κ2) is 8.02. The van der Waals surface area contributed by atoms with E-state index in [0.29, 0.717) is 29.8 Å². The summed E-state index contributed by atoms with van der Waals surface area (Å²) < 4.78 is 16.7. The molecule has 3 atom stereocenters. The number of rotatable bonds is 4. The fourth-order valence-corrected chi connectivity index (χ4v) is 3.96. The molecule has 1 aliphatic carbocycles. The normalized spacial score (nSPS) is 26.3. The summed E-state index contributed by atoms with van der Waals surface area (Å²) in [6, 6.07) is 4.99. The molecule has 29 heavy (non-hydrogen) atoms. The number of nitrogens with zero attached hydrogens (tertiary/aromatic N) is 1. The molecule has 2 heterocycles. The molecule has 0 radical (unpaired) electrons. The maximum Gasteiger partial charge on any atom is 0.308 e. The summed E-state index contributed by atoms with van der Waals surface area (Å²) in [4.78, 5) is 38.4. The van der Waals surface area contributed by atoms with Gasteiger partial charge in [0.2, 0.25) is 5.91 Å². The first-order valence-electron chi connectivity index (χ1n) is 10.0. The summed E-state index contributed by atoms with van der Waals surface area (Å²) in [6.07, 6.45) is 2.84. The molecule has 0 spiro atoms. The Balaban J connectivity index is 1.51. The highest BCUT2D eigenvalue weighted by atomic mass is 16.5. The number of methoxy groups -OCH3 is 1. The first-order chi connectivity index (χ1) is 14.0. The largest absolute Gasteiger partial charge is 0.490 e. The maximum atomic E-state index is 13.1. The van der Waals surface area contributed by atoms with Crippen LogP contribution >= 0.6 is 0 Å². The van der Waals surface area contributed by atoms with Crippen molar-refractivity contribution in [1.29, 1.82) is 0 Å². The Hall–Kier alpha value is -2.61. The van der Waals surface area contributed by atoms with Gasteiger partial charge in [0.15, 0.2) is 0 Å². The molecule has 2 amide bonds. The zero-order valence-electron chi connectivity index (χ0n) is 16.7. The van der Waals surface area contributed by atoms with Crippen molar-refractivity contribution in [3.63, 3.8) is 0 Å². The molecular formula is C21H26N2O6. The summed E-state index contributed by atoms with van der Waals surface area (Å²) in [5.74, 6) is 0.0611. The minimum Gasteiger partial charge on any atom is -0.490 e. The van der Waals surface area contributed by atoms with E-state index in [4.69, 9.17) is 14.2 Å². The standard InChI is InChI=1S/C21H26N2O6/c1-23-16-7-6-14(10-19(24)27-2)29-18(16)11-28-17-8-5-13(9-15(17)21(23)26)22-20(25)12-3-4-12/h5,8-9,12,14,16,18H,3-4,6-7,10-11H2,1-2H3,(H,22,25)/t14-,16-,18-/m0/s1. The lowest BCUT2D eigenvalue weighted by Gasteiger charge is -2.42.